The van der Waals surface area contributed by atoms with Crippen LogP contribution in [0.3, 0.4) is 0 Å². The fraction of sp³-hybridized carbons (Fsp3) is 0.806. The molecule has 3 amide bonds. The maximum absolute atomic E-state index is 12.8. The normalized spacial score (nSPS) is 12.9. The van der Waals surface area contributed by atoms with Crippen molar-refractivity contribution in [1.29, 1.82) is 0 Å². The SMILES string of the molecule is CNC(CNC(=O)CCCCCC(=O)NC(CC(C)C)C(=O)OCCCCCOC(=O)C(CC(C)C)NC(=O)CCCCCC(C)=O)C(=O)O. The number of carboxylic acids is 1. The molecule has 14 nitrogen and oxygen atoms in total. The first-order valence-electron chi connectivity index (χ1n) is 18.2. The monoisotopic (exact) mass is 712 g/mol. The number of ketones is 1. The van der Waals surface area contributed by atoms with E-state index in [-0.39, 0.29) is 67.9 Å². The third kappa shape index (κ3) is 25.4. The molecule has 0 fully saturated rings. The first kappa shape index (κ1) is 46.5. The topological polar surface area (TPSA) is 206 Å². The van der Waals surface area contributed by atoms with E-state index in [4.69, 9.17) is 14.6 Å². The number of carbonyl (C=O) groups excluding carboxylic acids is 6. The Morgan fingerprint density at radius 2 is 0.960 bits per heavy atom. The van der Waals surface area contributed by atoms with Crippen LogP contribution in [0.4, 0.5) is 0 Å². The number of ether oxygens (including phenoxy) is 2. The highest BCUT2D eigenvalue weighted by atomic mass is 16.5. The van der Waals surface area contributed by atoms with E-state index in [0.29, 0.717) is 70.6 Å². The number of rotatable bonds is 30. The van der Waals surface area contributed by atoms with Crippen LogP contribution in [-0.2, 0) is 43.0 Å². The lowest BCUT2D eigenvalue weighted by molar-refractivity contribution is -0.149. The zero-order valence-corrected chi connectivity index (χ0v) is 31.2. The number of amides is 3. The zero-order chi connectivity index (χ0) is 37.9. The third-order valence-electron chi connectivity index (χ3n) is 7.82. The van der Waals surface area contributed by atoms with Crippen molar-refractivity contribution in [2.24, 2.45) is 11.8 Å². The van der Waals surface area contributed by atoms with Gasteiger partial charge in [-0.2, -0.15) is 0 Å². The van der Waals surface area contributed by atoms with E-state index in [1.54, 1.807) is 6.92 Å². The molecule has 14 heteroatoms. The fourth-order valence-electron chi connectivity index (χ4n) is 5.03. The van der Waals surface area contributed by atoms with Crippen LogP contribution in [0.5, 0.6) is 0 Å². The molecule has 0 saturated heterocycles. The molecule has 0 aromatic heterocycles. The summed E-state index contributed by atoms with van der Waals surface area (Å²) in [5, 5.41) is 19.8. The van der Waals surface area contributed by atoms with Crippen molar-refractivity contribution in [3.8, 4) is 0 Å². The van der Waals surface area contributed by atoms with Gasteiger partial charge in [-0.25, -0.2) is 9.59 Å². The number of aliphatic carboxylic acids is 1. The van der Waals surface area contributed by atoms with E-state index >= 15 is 0 Å². The fourth-order valence-corrected chi connectivity index (χ4v) is 5.03. The van der Waals surface area contributed by atoms with Crippen LogP contribution >= 0.6 is 0 Å². The van der Waals surface area contributed by atoms with Crippen molar-refractivity contribution in [1.82, 2.24) is 21.3 Å². The zero-order valence-electron chi connectivity index (χ0n) is 31.2. The molecule has 0 aliphatic rings. The van der Waals surface area contributed by atoms with Crippen LogP contribution in [0.2, 0.25) is 0 Å². The lowest BCUT2D eigenvalue weighted by Crippen LogP contribution is -2.44. The van der Waals surface area contributed by atoms with Crippen molar-refractivity contribution in [2.45, 2.75) is 149 Å². The lowest BCUT2D eigenvalue weighted by Gasteiger charge is -2.20. The van der Waals surface area contributed by atoms with Gasteiger partial charge in [-0.3, -0.25) is 19.2 Å². The van der Waals surface area contributed by atoms with Crippen molar-refractivity contribution < 1.29 is 48.1 Å². The van der Waals surface area contributed by atoms with E-state index in [0.717, 1.165) is 12.8 Å². The molecule has 0 aromatic carbocycles. The second-order valence-electron chi connectivity index (χ2n) is 13.7. The van der Waals surface area contributed by atoms with Gasteiger partial charge >= 0.3 is 17.9 Å². The highest BCUT2D eigenvalue weighted by Gasteiger charge is 2.24. The van der Waals surface area contributed by atoms with E-state index < -0.39 is 36.0 Å². The molecule has 0 saturated carbocycles. The average Bonchev–Trinajstić information content (AvgIpc) is 3.02. The van der Waals surface area contributed by atoms with Crippen molar-refractivity contribution in [3.05, 3.63) is 0 Å². The predicted molar refractivity (Wildman–Crippen MR) is 189 cm³/mol. The molecule has 0 aromatic rings. The molecule has 0 bridgehead atoms. The minimum Gasteiger partial charge on any atom is -0.480 e. The van der Waals surface area contributed by atoms with Crippen molar-refractivity contribution in [3.63, 3.8) is 0 Å². The Morgan fingerprint density at radius 1 is 0.560 bits per heavy atom. The van der Waals surface area contributed by atoms with Gasteiger partial charge in [-0.05, 0) is 83.6 Å². The number of Topliss-reactive ketones (excluding diaryl/α,β-unsaturated/α-hetero) is 1. The first-order valence-corrected chi connectivity index (χ1v) is 18.2. The Balaban J connectivity index is 4.39. The summed E-state index contributed by atoms with van der Waals surface area (Å²) >= 11 is 0. The van der Waals surface area contributed by atoms with Gasteiger partial charge in [0.2, 0.25) is 17.7 Å². The van der Waals surface area contributed by atoms with E-state index in [1.807, 2.05) is 27.7 Å². The number of carbonyl (C=O) groups is 7. The largest absolute Gasteiger partial charge is 0.480 e. The minimum atomic E-state index is -1.05. The number of unbranched alkanes of at least 4 members (excludes halogenated alkanes) is 6. The quantitative estimate of drug-likeness (QED) is 0.0537. The van der Waals surface area contributed by atoms with Crippen LogP contribution in [0.1, 0.15) is 131 Å². The summed E-state index contributed by atoms with van der Waals surface area (Å²) in [4.78, 5) is 84.3. The second-order valence-corrected chi connectivity index (χ2v) is 13.7. The molecule has 0 heterocycles. The van der Waals surface area contributed by atoms with E-state index in [9.17, 15) is 33.6 Å². The number of esters is 2. The third-order valence-corrected chi connectivity index (χ3v) is 7.82. The summed E-state index contributed by atoms with van der Waals surface area (Å²) in [6, 6.07) is -2.34. The summed E-state index contributed by atoms with van der Waals surface area (Å²) in [7, 11) is 1.51. The Labute approximate surface area is 298 Å². The predicted octanol–water partition coefficient (Wildman–Crippen LogP) is 3.58. The van der Waals surface area contributed by atoms with Gasteiger partial charge in [-0.15, -0.1) is 0 Å². The minimum absolute atomic E-state index is 0.0101. The lowest BCUT2D eigenvalue weighted by atomic mass is 10.0. The van der Waals surface area contributed by atoms with Crippen molar-refractivity contribution in [2.75, 3.05) is 26.8 Å². The Kier molecular flexibility index (Phi) is 26.2. The number of carboxylic acid groups (broad SMARTS) is 1. The first-order chi connectivity index (χ1) is 23.7. The summed E-state index contributed by atoms with van der Waals surface area (Å²) in [5.41, 5.74) is 0. The molecular weight excluding hydrogens is 648 g/mol. The molecule has 3 unspecified atom stereocenters. The molecule has 3 atom stereocenters. The highest BCUT2D eigenvalue weighted by Crippen LogP contribution is 2.11. The van der Waals surface area contributed by atoms with Gasteiger partial charge in [0.1, 0.15) is 23.9 Å². The summed E-state index contributed by atoms with van der Waals surface area (Å²) in [5.74, 6) is -2.28. The van der Waals surface area contributed by atoms with Gasteiger partial charge in [0.05, 0.1) is 13.2 Å². The molecule has 0 spiro atoms. The van der Waals surface area contributed by atoms with Gasteiger partial charge in [0.15, 0.2) is 0 Å². The molecule has 50 heavy (non-hydrogen) atoms. The Bertz CT molecular complexity index is 1050. The van der Waals surface area contributed by atoms with Crippen LogP contribution in [0.25, 0.3) is 0 Å². The standard InChI is InChI=1S/C36H64N4O10/c1-25(2)22-28(39-32(43)18-12-7-10-16-27(5)41)35(47)49-20-14-9-15-21-50-36(48)29(23-26(3)4)40-33(44)19-13-8-11-17-31(42)38-24-30(37-6)34(45)46/h25-26,28-30,37H,7-24H2,1-6H3,(H,38,42)(H,39,43)(H,40,44)(H,45,46). The summed E-state index contributed by atoms with van der Waals surface area (Å²) in [6.07, 6.45) is 7.78. The number of hydrogen-bond donors (Lipinski definition) is 5. The summed E-state index contributed by atoms with van der Waals surface area (Å²) in [6.45, 7) is 9.71. The molecule has 0 rings (SSSR count). The molecule has 288 valence electrons. The smallest absolute Gasteiger partial charge is 0.328 e. The molecule has 5 N–H and O–H groups in total. The maximum Gasteiger partial charge on any atom is 0.328 e. The Morgan fingerprint density at radius 3 is 1.34 bits per heavy atom. The molecular formula is C36H64N4O10. The second kappa shape index (κ2) is 28.2. The maximum atomic E-state index is 12.8. The molecule has 0 aliphatic carbocycles. The van der Waals surface area contributed by atoms with E-state index in [2.05, 4.69) is 21.3 Å². The van der Waals surface area contributed by atoms with Crippen LogP contribution in [0, 0.1) is 11.8 Å². The number of nitrogens with one attached hydrogen (secondary N) is 4. The highest BCUT2D eigenvalue weighted by molar-refractivity contribution is 5.85. The van der Waals surface area contributed by atoms with Gasteiger partial charge in [0, 0.05) is 32.2 Å². The van der Waals surface area contributed by atoms with Gasteiger partial charge in [-0.1, -0.05) is 40.5 Å². The number of likely N-dealkylation sites (N-methyl/N-ethyl adjacent to an activating group) is 1. The van der Waals surface area contributed by atoms with Gasteiger partial charge in [0.25, 0.3) is 0 Å². The van der Waals surface area contributed by atoms with Crippen LogP contribution < -0.4 is 21.3 Å². The van der Waals surface area contributed by atoms with E-state index in [1.165, 1.54) is 7.05 Å². The average molecular weight is 713 g/mol. The number of hydrogen-bond acceptors (Lipinski definition) is 10. The van der Waals surface area contributed by atoms with Crippen LogP contribution in [-0.4, -0.2) is 91.5 Å². The van der Waals surface area contributed by atoms with Crippen LogP contribution in [0.15, 0.2) is 0 Å². The Hall–Kier alpha value is -3.55. The van der Waals surface area contributed by atoms with Gasteiger partial charge < -0.3 is 40.6 Å². The summed E-state index contributed by atoms with van der Waals surface area (Å²) < 4.78 is 10.9. The molecule has 0 aliphatic heterocycles. The van der Waals surface area contributed by atoms with Crippen molar-refractivity contribution >= 4 is 41.4 Å². The molecule has 0 radical (unpaired) electrons.